The molecule has 2 aromatic rings. The van der Waals surface area contributed by atoms with Gasteiger partial charge in [0.25, 0.3) is 5.91 Å². The first kappa shape index (κ1) is 14.8. The van der Waals surface area contributed by atoms with Gasteiger partial charge >= 0.3 is 0 Å². The minimum atomic E-state index is -0.161. The average molecular weight is 278 g/mol. The van der Waals surface area contributed by atoms with Crippen molar-refractivity contribution >= 4 is 11.6 Å². The summed E-state index contributed by atoms with van der Waals surface area (Å²) in [7, 11) is 0. The molecule has 0 aromatic heterocycles. The van der Waals surface area contributed by atoms with Crippen LogP contribution in [0, 0.1) is 25.7 Å². The van der Waals surface area contributed by atoms with Crippen molar-refractivity contribution in [2.45, 2.75) is 13.8 Å². The Morgan fingerprint density at radius 1 is 1.19 bits per heavy atom. The molecule has 0 unspecified atom stereocenters. The zero-order chi connectivity index (χ0) is 15.2. The number of carbonyl (C=O) groups is 1. The molecule has 0 aliphatic carbocycles. The van der Waals surface area contributed by atoms with Gasteiger partial charge in [-0.1, -0.05) is 36.1 Å². The van der Waals surface area contributed by atoms with Crippen molar-refractivity contribution in [1.82, 2.24) is 0 Å². The van der Waals surface area contributed by atoms with Crippen molar-refractivity contribution in [1.29, 1.82) is 0 Å². The molecule has 0 bridgehead atoms. The third kappa shape index (κ3) is 3.71. The van der Waals surface area contributed by atoms with E-state index in [0.717, 1.165) is 16.8 Å². The monoisotopic (exact) mass is 278 g/mol. The van der Waals surface area contributed by atoms with Crippen LogP contribution < -0.4 is 11.1 Å². The highest BCUT2D eigenvalue weighted by atomic mass is 16.1. The van der Waals surface area contributed by atoms with E-state index in [-0.39, 0.29) is 12.5 Å². The molecule has 3 N–H and O–H groups in total. The van der Waals surface area contributed by atoms with Gasteiger partial charge in [0.15, 0.2) is 0 Å². The number of carbonyl (C=O) groups excluding carboxylic acids is 1. The van der Waals surface area contributed by atoms with Gasteiger partial charge in [-0.25, -0.2) is 0 Å². The first-order valence-electron chi connectivity index (χ1n) is 6.78. The summed E-state index contributed by atoms with van der Waals surface area (Å²) in [5, 5.41) is 2.95. The number of benzene rings is 2. The van der Waals surface area contributed by atoms with Crippen LogP contribution in [-0.2, 0) is 0 Å². The van der Waals surface area contributed by atoms with Gasteiger partial charge in [0.05, 0.1) is 12.1 Å². The van der Waals surface area contributed by atoms with Gasteiger partial charge in [0, 0.05) is 11.3 Å². The third-order valence-electron chi connectivity index (χ3n) is 3.14. The number of nitrogens with one attached hydrogen (secondary N) is 1. The maximum absolute atomic E-state index is 12.5. The summed E-state index contributed by atoms with van der Waals surface area (Å²) in [6.45, 7) is 4.23. The summed E-state index contributed by atoms with van der Waals surface area (Å²) >= 11 is 0. The topological polar surface area (TPSA) is 55.1 Å². The summed E-state index contributed by atoms with van der Waals surface area (Å²) in [5.74, 6) is 5.55. The molecule has 3 nitrogen and oxygen atoms in total. The highest BCUT2D eigenvalue weighted by Crippen LogP contribution is 2.18. The van der Waals surface area contributed by atoms with E-state index in [1.54, 1.807) is 6.07 Å². The lowest BCUT2D eigenvalue weighted by Gasteiger charge is -2.10. The van der Waals surface area contributed by atoms with Gasteiger partial charge in [-0.3, -0.25) is 4.79 Å². The van der Waals surface area contributed by atoms with E-state index >= 15 is 0 Å². The second-order valence-electron chi connectivity index (χ2n) is 4.82. The maximum Gasteiger partial charge on any atom is 0.256 e. The fraction of sp³-hybridized carbons (Fsp3) is 0.167. The number of amides is 1. The van der Waals surface area contributed by atoms with Crippen LogP contribution in [0.15, 0.2) is 42.5 Å². The largest absolute Gasteiger partial charge is 0.322 e. The Morgan fingerprint density at radius 2 is 1.95 bits per heavy atom. The van der Waals surface area contributed by atoms with E-state index in [9.17, 15) is 4.79 Å². The molecule has 0 radical (unpaired) electrons. The van der Waals surface area contributed by atoms with Crippen LogP contribution in [0.1, 0.15) is 27.0 Å². The smallest absolute Gasteiger partial charge is 0.256 e. The van der Waals surface area contributed by atoms with Gasteiger partial charge < -0.3 is 11.1 Å². The number of rotatable bonds is 2. The van der Waals surface area contributed by atoms with E-state index < -0.39 is 0 Å². The lowest BCUT2D eigenvalue weighted by Crippen LogP contribution is -2.14. The van der Waals surface area contributed by atoms with Crippen LogP contribution in [0.5, 0.6) is 0 Å². The Labute approximate surface area is 125 Å². The van der Waals surface area contributed by atoms with Crippen molar-refractivity contribution in [3.63, 3.8) is 0 Å². The molecular formula is C18H18N2O. The average Bonchev–Trinajstić information content (AvgIpc) is 2.49. The first-order valence-corrected chi connectivity index (χ1v) is 6.78. The number of aryl methyl sites for hydroxylation is 2. The van der Waals surface area contributed by atoms with Crippen molar-refractivity contribution in [2.24, 2.45) is 5.73 Å². The van der Waals surface area contributed by atoms with Crippen LogP contribution in [0.3, 0.4) is 0 Å². The third-order valence-corrected chi connectivity index (χ3v) is 3.14. The molecule has 2 rings (SSSR count). The summed E-state index contributed by atoms with van der Waals surface area (Å²) < 4.78 is 0. The van der Waals surface area contributed by atoms with E-state index in [1.165, 1.54) is 0 Å². The predicted molar refractivity (Wildman–Crippen MR) is 86.2 cm³/mol. The minimum Gasteiger partial charge on any atom is -0.322 e. The van der Waals surface area contributed by atoms with Crippen LogP contribution in [0.2, 0.25) is 0 Å². The Hall–Kier alpha value is -2.57. The van der Waals surface area contributed by atoms with Crippen LogP contribution >= 0.6 is 0 Å². The molecule has 0 aliphatic heterocycles. The number of nitrogens with two attached hydrogens (primary N) is 1. The molecule has 1 amide bonds. The maximum atomic E-state index is 12.5. The van der Waals surface area contributed by atoms with E-state index in [2.05, 4.69) is 17.2 Å². The number of hydrogen-bond acceptors (Lipinski definition) is 2. The van der Waals surface area contributed by atoms with Crippen molar-refractivity contribution in [2.75, 3.05) is 11.9 Å². The molecule has 0 spiro atoms. The number of anilines is 1. The highest BCUT2D eigenvalue weighted by molar-refractivity contribution is 6.06. The molecule has 0 aliphatic rings. The van der Waals surface area contributed by atoms with Crippen LogP contribution in [0.4, 0.5) is 5.69 Å². The summed E-state index contributed by atoms with van der Waals surface area (Å²) in [6, 6.07) is 13.2. The van der Waals surface area contributed by atoms with Crippen molar-refractivity contribution < 1.29 is 4.79 Å². The lowest BCUT2D eigenvalue weighted by molar-refractivity contribution is 0.102. The quantitative estimate of drug-likeness (QED) is 0.830. The van der Waals surface area contributed by atoms with E-state index in [1.807, 2.05) is 50.2 Å². The van der Waals surface area contributed by atoms with E-state index in [0.29, 0.717) is 11.1 Å². The SMILES string of the molecule is Cc1ccc(C)c(NC(=O)c2ccccc2C#CCN)c1. The summed E-state index contributed by atoms with van der Waals surface area (Å²) in [4.78, 5) is 12.5. The Bertz CT molecular complexity index is 723. The fourth-order valence-corrected chi connectivity index (χ4v) is 2.00. The fourth-order valence-electron chi connectivity index (χ4n) is 2.00. The molecule has 2 aromatic carbocycles. The van der Waals surface area contributed by atoms with Gasteiger partial charge in [0.1, 0.15) is 0 Å². The van der Waals surface area contributed by atoms with Crippen LogP contribution in [-0.4, -0.2) is 12.5 Å². The molecule has 0 saturated carbocycles. The van der Waals surface area contributed by atoms with Gasteiger partial charge in [-0.15, -0.1) is 0 Å². The van der Waals surface area contributed by atoms with Crippen molar-refractivity contribution in [3.05, 3.63) is 64.7 Å². The molecule has 3 heteroatoms. The minimum absolute atomic E-state index is 0.161. The van der Waals surface area contributed by atoms with Crippen molar-refractivity contribution in [3.8, 4) is 11.8 Å². The zero-order valence-corrected chi connectivity index (χ0v) is 12.2. The predicted octanol–water partition coefficient (Wildman–Crippen LogP) is 2.87. The molecule has 0 atom stereocenters. The molecule has 0 heterocycles. The van der Waals surface area contributed by atoms with E-state index in [4.69, 9.17) is 5.73 Å². The summed E-state index contributed by atoms with van der Waals surface area (Å²) in [6.07, 6.45) is 0. The molecule has 21 heavy (non-hydrogen) atoms. The van der Waals surface area contributed by atoms with Gasteiger partial charge in [-0.05, 0) is 43.2 Å². The molecule has 0 fully saturated rings. The highest BCUT2D eigenvalue weighted by Gasteiger charge is 2.11. The van der Waals surface area contributed by atoms with Crippen LogP contribution in [0.25, 0.3) is 0 Å². The second kappa shape index (κ2) is 6.74. The Balaban J connectivity index is 2.31. The van der Waals surface area contributed by atoms with Gasteiger partial charge in [-0.2, -0.15) is 0 Å². The first-order chi connectivity index (χ1) is 10.1. The second-order valence-corrected chi connectivity index (χ2v) is 4.82. The zero-order valence-electron chi connectivity index (χ0n) is 12.2. The standard InChI is InChI=1S/C18H18N2O/c1-13-9-10-14(2)17(12-13)20-18(21)16-8-4-3-6-15(16)7-5-11-19/h3-4,6,8-10,12H,11,19H2,1-2H3,(H,20,21). The Morgan fingerprint density at radius 3 is 2.71 bits per heavy atom. The molecular weight excluding hydrogens is 260 g/mol. The van der Waals surface area contributed by atoms with Gasteiger partial charge in [0.2, 0.25) is 0 Å². The molecule has 106 valence electrons. The summed E-state index contributed by atoms with van der Waals surface area (Å²) in [5.41, 5.74) is 9.58. The normalized spacial score (nSPS) is 9.67. The molecule has 0 saturated heterocycles. The Kier molecular flexibility index (Phi) is 4.76. The lowest BCUT2D eigenvalue weighted by atomic mass is 10.1. The number of hydrogen-bond donors (Lipinski definition) is 2.